The van der Waals surface area contributed by atoms with Crippen LogP contribution in [0.2, 0.25) is 5.02 Å². The van der Waals surface area contributed by atoms with Crippen molar-refractivity contribution >= 4 is 33.4 Å². The summed E-state index contributed by atoms with van der Waals surface area (Å²) in [6.45, 7) is -0.272. The zero-order chi connectivity index (χ0) is 20.5. The number of nitrogens with zero attached hydrogens (tertiary/aromatic N) is 4. The van der Waals surface area contributed by atoms with Gasteiger partial charge in [-0.25, -0.2) is 13.2 Å². The van der Waals surface area contributed by atoms with E-state index >= 15 is 0 Å². The Kier molecular flexibility index (Phi) is 5.54. The lowest BCUT2D eigenvalue weighted by atomic mass is 10.1. The molecular weight excluding hydrogens is 414 g/mol. The molecule has 0 saturated carbocycles. The number of benzene rings is 1. The fraction of sp³-hybridized carbons (Fsp3) is 0.333. The first-order valence-corrected chi connectivity index (χ1v) is 9.81. The second-order valence-electron chi connectivity index (χ2n) is 5.84. The highest BCUT2D eigenvalue weighted by atomic mass is 35.5. The van der Waals surface area contributed by atoms with Gasteiger partial charge in [-0.05, 0) is 29.5 Å². The molecule has 0 spiro atoms. The lowest BCUT2D eigenvalue weighted by molar-refractivity contribution is -0.766. The molecule has 1 aliphatic heterocycles. The third-order valence-corrected chi connectivity index (χ3v) is 6.31. The first-order valence-electron chi connectivity index (χ1n) is 7.99. The molecule has 0 amide bonds. The maximum atomic E-state index is 12.9. The third-order valence-electron chi connectivity index (χ3n) is 4.17. The Morgan fingerprint density at radius 3 is 2.57 bits per heavy atom. The number of methoxy groups -OCH3 is 1. The van der Waals surface area contributed by atoms with Crippen molar-refractivity contribution in [2.75, 3.05) is 31.8 Å². The van der Waals surface area contributed by atoms with Crippen molar-refractivity contribution in [1.29, 1.82) is 5.41 Å². The van der Waals surface area contributed by atoms with E-state index in [9.17, 15) is 18.0 Å². The highest BCUT2D eigenvalue weighted by Crippen LogP contribution is 2.21. The maximum Gasteiger partial charge on any atom is 0.374 e. The van der Waals surface area contributed by atoms with Gasteiger partial charge in [0.25, 0.3) is 11.8 Å². The number of sulfonamides is 1. The number of rotatable bonds is 5. The Morgan fingerprint density at radius 2 is 2.00 bits per heavy atom. The van der Waals surface area contributed by atoms with Gasteiger partial charge in [0, 0.05) is 24.7 Å². The van der Waals surface area contributed by atoms with Crippen LogP contribution in [0.5, 0.6) is 0 Å². The molecule has 1 aromatic heterocycles. The van der Waals surface area contributed by atoms with E-state index in [0.29, 0.717) is 5.02 Å². The predicted octanol–water partition coefficient (Wildman–Crippen LogP) is -1.59. The molecule has 2 aromatic rings. The lowest BCUT2D eigenvalue weighted by Crippen LogP contribution is -2.73. The second-order valence-corrected chi connectivity index (χ2v) is 8.21. The Bertz CT molecular complexity index is 1050. The zero-order valence-corrected chi connectivity index (χ0v) is 16.2. The smallest absolute Gasteiger partial charge is 0.374 e. The summed E-state index contributed by atoms with van der Waals surface area (Å²) < 4.78 is 36.1. The summed E-state index contributed by atoms with van der Waals surface area (Å²) in [5.74, 6) is -2.06. The highest BCUT2D eigenvalue weighted by molar-refractivity contribution is 7.89. The molecule has 11 nitrogen and oxygen atoms in total. The number of piperazine rings is 1. The monoisotopic (exact) mass is 429 g/mol. The van der Waals surface area contributed by atoms with Crippen LogP contribution in [0.4, 0.5) is 0 Å². The fourth-order valence-corrected chi connectivity index (χ4v) is 4.34. The van der Waals surface area contributed by atoms with E-state index in [4.69, 9.17) is 17.0 Å². The number of halogens is 1. The molecule has 1 saturated heterocycles. The number of carbonyl (C=O) groups is 2. The van der Waals surface area contributed by atoms with Crippen LogP contribution in [0.25, 0.3) is 0 Å². The molecular formula is C15H16ClN5O6S. The van der Waals surface area contributed by atoms with E-state index in [1.54, 1.807) is 0 Å². The molecule has 1 N–H and O–H groups in total. The number of hydrogen-bond acceptors (Lipinski definition) is 8. The van der Waals surface area contributed by atoms with Crippen LogP contribution >= 0.6 is 11.6 Å². The summed E-state index contributed by atoms with van der Waals surface area (Å²) >= 11 is 5.81. The Balaban J connectivity index is 1.93. The summed E-state index contributed by atoms with van der Waals surface area (Å²) in [6.07, 6.45) is 1.20. The lowest BCUT2D eigenvalue weighted by Gasteiger charge is -2.39. The number of Topliss-reactive ketones (excluding diaryl/α,β-unsaturated/α-hetero) is 1. The van der Waals surface area contributed by atoms with Crippen molar-refractivity contribution in [3.63, 3.8) is 0 Å². The number of hydrogen-bond donors (Lipinski definition) is 1. The van der Waals surface area contributed by atoms with Crippen LogP contribution in [0.3, 0.4) is 0 Å². The average molecular weight is 430 g/mol. The SMILES string of the molecule is COC(=O)C(=O)C1CN(S(=O)(=O)c2ccc(Cl)cc2)CCN1[n+]1cc(=N)o[n-]1. The predicted molar refractivity (Wildman–Crippen MR) is 92.2 cm³/mol. The minimum Gasteiger partial charge on any atom is -0.463 e. The Labute approximate surface area is 164 Å². The minimum absolute atomic E-state index is 0.0113. The standard InChI is InChI=1S/C15H16ClN5O6S/c1-26-15(23)14(22)12-8-19(6-7-20(12)21-9-13(17)27-18-21)28(24,25)11-4-2-10(16)3-5-11/h2-5,9,12,17H,6-8H2,1H3. The second kappa shape index (κ2) is 7.73. The van der Waals surface area contributed by atoms with Gasteiger partial charge in [-0.3, -0.25) is 15.2 Å². The fourth-order valence-electron chi connectivity index (χ4n) is 2.78. The van der Waals surface area contributed by atoms with Crippen molar-refractivity contribution in [3.8, 4) is 0 Å². The van der Waals surface area contributed by atoms with Crippen LogP contribution < -0.4 is 20.6 Å². The number of ketones is 1. The summed E-state index contributed by atoms with van der Waals surface area (Å²) in [6, 6.07) is 4.41. The molecule has 28 heavy (non-hydrogen) atoms. The molecule has 1 fully saturated rings. The van der Waals surface area contributed by atoms with E-state index in [1.165, 1.54) is 35.5 Å². The molecule has 0 aliphatic carbocycles. The van der Waals surface area contributed by atoms with Gasteiger partial charge in [0.15, 0.2) is 0 Å². The quantitative estimate of drug-likeness (QED) is 0.341. The van der Waals surface area contributed by atoms with Crippen LogP contribution in [-0.2, 0) is 24.3 Å². The number of carbonyl (C=O) groups excluding carboxylic acids is 2. The van der Waals surface area contributed by atoms with E-state index in [-0.39, 0.29) is 30.1 Å². The first-order chi connectivity index (χ1) is 13.2. The van der Waals surface area contributed by atoms with Crippen molar-refractivity contribution < 1.29 is 32.1 Å². The van der Waals surface area contributed by atoms with Crippen LogP contribution in [0.1, 0.15) is 0 Å². The van der Waals surface area contributed by atoms with Gasteiger partial charge < -0.3 is 9.26 Å². The van der Waals surface area contributed by atoms with Crippen LogP contribution in [0, 0.1) is 5.41 Å². The molecule has 0 bridgehead atoms. The molecule has 0 radical (unpaired) electrons. The molecule has 13 heteroatoms. The van der Waals surface area contributed by atoms with Crippen molar-refractivity contribution in [2.45, 2.75) is 10.9 Å². The molecule has 1 aliphatic rings. The largest absolute Gasteiger partial charge is 0.463 e. The maximum absolute atomic E-state index is 12.9. The summed E-state index contributed by atoms with van der Waals surface area (Å²) in [5, 5.41) is 12.8. The number of aromatic nitrogens is 2. The Morgan fingerprint density at radius 1 is 1.32 bits per heavy atom. The topological polar surface area (TPSA) is 139 Å². The summed E-state index contributed by atoms with van der Waals surface area (Å²) in [5.41, 5.74) is -0.263. The van der Waals surface area contributed by atoms with E-state index in [1.807, 2.05) is 0 Å². The van der Waals surface area contributed by atoms with Gasteiger partial charge in [-0.1, -0.05) is 16.4 Å². The number of nitrogens with one attached hydrogen (secondary N) is 1. The van der Waals surface area contributed by atoms with Gasteiger partial charge in [0.1, 0.15) is 0 Å². The van der Waals surface area contributed by atoms with E-state index < -0.39 is 27.8 Å². The van der Waals surface area contributed by atoms with Gasteiger partial charge in [-0.2, -0.15) is 4.31 Å². The van der Waals surface area contributed by atoms with E-state index in [0.717, 1.165) is 16.2 Å². The van der Waals surface area contributed by atoms with Gasteiger partial charge in [-0.15, -0.1) is 0 Å². The van der Waals surface area contributed by atoms with Crippen LogP contribution in [0.15, 0.2) is 39.9 Å². The summed E-state index contributed by atoms with van der Waals surface area (Å²) in [4.78, 5) is 25.4. The average Bonchev–Trinajstić information content (AvgIpc) is 3.12. The molecule has 3 rings (SSSR count). The normalized spacial score (nSPS) is 18.1. The van der Waals surface area contributed by atoms with Crippen LogP contribution in [-0.4, -0.2) is 57.3 Å². The van der Waals surface area contributed by atoms with Crippen molar-refractivity contribution in [2.24, 2.45) is 0 Å². The molecule has 1 atom stereocenters. The molecule has 1 aromatic carbocycles. The van der Waals surface area contributed by atoms with Gasteiger partial charge in [0.2, 0.25) is 15.8 Å². The Hall–Kier alpha value is -2.70. The zero-order valence-electron chi connectivity index (χ0n) is 14.6. The molecule has 2 heterocycles. The first kappa shape index (κ1) is 20.0. The van der Waals surface area contributed by atoms with Gasteiger partial charge >= 0.3 is 5.97 Å². The molecule has 150 valence electrons. The summed E-state index contributed by atoms with van der Waals surface area (Å²) in [7, 11) is -2.87. The van der Waals surface area contributed by atoms with Gasteiger partial charge in [0.05, 0.1) is 18.0 Å². The third kappa shape index (κ3) is 3.79. The van der Waals surface area contributed by atoms with Crippen molar-refractivity contribution in [3.05, 3.63) is 41.0 Å². The highest BCUT2D eigenvalue weighted by Gasteiger charge is 2.40. The number of esters is 1. The number of ether oxygens (including phenoxy) is 1. The molecule has 1 unspecified atom stereocenters. The van der Waals surface area contributed by atoms with E-state index in [2.05, 4.69) is 14.5 Å². The van der Waals surface area contributed by atoms with Crippen molar-refractivity contribution in [1.82, 2.24) is 9.58 Å². The minimum atomic E-state index is -3.92.